The molecule has 0 amide bonds. The second kappa shape index (κ2) is 4.61. The number of oxazole rings is 1. The van der Waals surface area contributed by atoms with Gasteiger partial charge in [0.05, 0.1) is 17.9 Å². The van der Waals surface area contributed by atoms with Crippen LogP contribution in [0.5, 0.6) is 0 Å². The van der Waals surface area contributed by atoms with Gasteiger partial charge < -0.3 is 15.1 Å². The summed E-state index contributed by atoms with van der Waals surface area (Å²) in [5.41, 5.74) is 8.85. The molecule has 0 atom stereocenters. The van der Waals surface area contributed by atoms with Crippen molar-refractivity contribution < 1.29 is 4.42 Å². The van der Waals surface area contributed by atoms with Crippen LogP contribution in [0, 0.1) is 0 Å². The normalized spacial score (nSPS) is 10.8. The van der Waals surface area contributed by atoms with Crippen molar-refractivity contribution in [2.75, 3.05) is 17.7 Å². The third-order valence-corrected chi connectivity index (χ3v) is 2.89. The number of rotatable bonds is 3. The highest BCUT2D eigenvalue weighted by atomic mass is 16.4. The zero-order valence-corrected chi connectivity index (χ0v) is 10.6. The molecule has 3 rings (SSSR count). The summed E-state index contributed by atoms with van der Waals surface area (Å²) in [4.78, 5) is 10.6. The van der Waals surface area contributed by atoms with Crippen LogP contribution >= 0.6 is 0 Å². The molecule has 2 heterocycles. The first-order valence-corrected chi connectivity index (χ1v) is 6.00. The third kappa shape index (κ3) is 2.22. The average molecular weight is 254 g/mol. The van der Waals surface area contributed by atoms with Gasteiger partial charge in [-0.05, 0) is 24.3 Å². The lowest BCUT2D eigenvalue weighted by atomic mass is 10.3. The quantitative estimate of drug-likeness (QED) is 0.727. The number of fused-ring (bicyclic) bond motifs is 1. The minimum Gasteiger partial charge on any atom is -0.423 e. The van der Waals surface area contributed by atoms with Crippen molar-refractivity contribution in [2.45, 2.75) is 6.54 Å². The summed E-state index contributed by atoms with van der Waals surface area (Å²) in [6.07, 6.45) is 1.77. The van der Waals surface area contributed by atoms with Gasteiger partial charge in [0.2, 0.25) is 0 Å². The number of benzene rings is 1. The van der Waals surface area contributed by atoms with Gasteiger partial charge in [-0.2, -0.15) is 4.98 Å². The second-order valence-corrected chi connectivity index (χ2v) is 4.37. The molecule has 0 spiro atoms. The Kier molecular flexibility index (Phi) is 2.79. The summed E-state index contributed by atoms with van der Waals surface area (Å²) in [6.45, 7) is 0.633. The summed E-state index contributed by atoms with van der Waals surface area (Å²) in [5, 5.41) is 0. The van der Waals surface area contributed by atoms with Gasteiger partial charge in [-0.25, -0.2) is 0 Å². The molecule has 1 aromatic carbocycles. The van der Waals surface area contributed by atoms with E-state index in [0.29, 0.717) is 29.3 Å². The van der Waals surface area contributed by atoms with E-state index in [4.69, 9.17) is 10.2 Å². The lowest BCUT2D eigenvalue weighted by Crippen LogP contribution is -2.17. The molecule has 0 unspecified atom stereocenters. The number of nitrogens with two attached hydrogens (primary N) is 1. The van der Waals surface area contributed by atoms with E-state index in [1.54, 1.807) is 6.20 Å². The molecule has 0 saturated heterocycles. The molecule has 3 aromatic rings. The Balaban J connectivity index is 1.89. The monoisotopic (exact) mass is 254 g/mol. The van der Waals surface area contributed by atoms with E-state index in [-0.39, 0.29) is 0 Å². The van der Waals surface area contributed by atoms with Crippen molar-refractivity contribution in [1.82, 2.24) is 9.97 Å². The van der Waals surface area contributed by atoms with E-state index in [0.717, 1.165) is 5.69 Å². The SMILES string of the molecule is CN(Cc1ccccn1)c1nc2c(N)cccc2o1. The molecular weight excluding hydrogens is 240 g/mol. The molecule has 5 heteroatoms. The number of hydrogen-bond acceptors (Lipinski definition) is 5. The van der Waals surface area contributed by atoms with E-state index in [9.17, 15) is 0 Å². The predicted molar refractivity (Wildman–Crippen MR) is 74.8 cm³/mol. The highest BCUT2D eigenvalue weighted by Crippen LogP contribution is 2.25. The molecule has 0 aliphatic carbocycles. The van der Waals surface area contributed by atoms with Crippen molar-refractivity contribution >= 4 is 22.8 Å². The minimum absolute atomic E-state index is 0.540. The van der Waals surface area contributed by atoms with Crippen molar-refractivity contribution in [3.05, 3.63) is 48.3 Å². The molecule has 5 nitrogen and oxygen atoms in total. The van der Waals surface area contributed by atoms with E-state index in [1.807, 2.05) is 48.3 Å². The van der Waals surface area contributed by atoms with E-state index in [1.165, 1.54) is 0 Å². The first-order valence-electron chi connectivity index (χ1n) is 6.00. The van der Waals surface area contributed by atoms with Gasteiger partial charge in [0.15, 0.2) is 5.58 Å². The van der Waals surface area contributed by atoms with Crippen molar-refractivity contribution in [1.29, 1.82) is 0 Å². The number of anilines is 2. The Hall–Kier alpha value is -2.56. The smallest absolute Gasteiger partial charge is 0.298 e. The maximum Gasteiger partial charge on any atom is 0.298 e. The van der Waals surface area contributed by atoms with Crippen LogP contribution in [0.2, 0.25) is 0 Å². The van der Waals surface area contributed by atoms with Crippen LogP contribution in [0.15, 0.2) is 47.0 Å². The Morgan fingerprint density at radius 2 is 2.11 bits per heavy atom. The first-order chi connectivity index (χ1) is 9.24. The molecule has 19 heavy (non-hydrogen) atoms. The van der Waals surface area contributed by atoms with Crippen LogP contribution in [-0.2, 0) is 6.54 Å². The fourth-order valence-electron chi connectivity index (χ4n) is 1.92. The molecule has 0 aliphatic rings. The predicted octanol–water partition coefficient (Wildman–Crippen LogP) is 2.44. The molecule has 2 aromatic heterocycles. The van der Waals surface area contributed by atoms with Gasteiger partial charge in [0, 0.05) is 13.2 Å². The standard InChI is InChI=1S/C14H14N4O/c1-18(9-10-5-2-3-8-16-10)14-17-13-11(15)6-4-7-12(13)19-14/h2-8H,9,15H2,1H3. The van der Waals surface area contributed by atoms with Crippen LogP contribution in [0.4, 0.5) is 11.7 Å². The van der Waals surface area contributed by atoms with Crippen LogP contribution in [0.3, 0.4) is 0 Å². The second-order valence-electron chi connectivity index (χ2n) is 4.37. The largest absolute Gasteiger partial charge is 0.423 e. The van der Waals surface area contributed by atoms with Crippen molar-refractivity contribution in [3.8, 4) is 0 Å². The fraction of sp³-hybridized carbons (Fsp3) is 0.143. The zero-order chi connectivity index (χ0) is 13.2. The number of nitrogen functional groups attached to an aromatic ring is 1. The highest BCUT2D eigenvalue weighted by molar-refractivity contribution is 5.86. The summed E-state index contributed by atoms with van der Waals surface area (Å²) < 4.78 is 5.69. The number of aromatic nitrogens is 2. The third-order valence-electron chi connectivity index (χ3n) is 2.89. The minimum atomic E-state index is 0.540. The summed E-state index contributed by atoms with van der Waals surface area (Å²) >= 11 is 0. The highest BCUT2D eigenvalue weighted by Gasteiger charge is 2.12. The van der Waals surface area contributed by atoms with Gasteiger partial charge in [0.25, 0.3) is 6.01 Å². The van der Waals surface area contributed by atoms with Gasteiger partial charge in [-0.15, -0.1) is 0 Å². The topological polar surface area (TPSA) is 68.2 Å². The Bertz CT molecular complexity index is 693. The van der Waals surface area contributed by atoms with Crippen LogP contribution in [-0.4, -0.2) is 17.0 Å². The molecular formula is C14H14N4O. The van der Waals surface area contributed by atoms with Crippen molar-refractivity contribution in [3.63, 3.8) is 0 Å². The first kappa shape index (κ1) is 11.5. The lowest BCUT2D eigenvalue weighted by Gasteiger charge is -2.13. The molecule has 0 radical (unpaired) electrons. The van der Waals surface area contributed by atoms with Gasteiger partial charge in [-0.3, -0.25) is 4.98 Å². The average Bonchev–Trinajstić information content (AvgIpc) is 2.85. The number of pyridine rings is 1. The summed E-state index contributed by atoms with van der Waals surface area (Å²) in [5.74, 6) is 0. The molecule has 2 N–H and O–H groups in total. The van der Waals surface area contributed by atoms with Gasteiger partial charge in [0.1, 0.15) is 5.52 Å². The maximum absolute atomic E-state index is 5.87. The zero-order valence-electron chi connectivity index (χ0n) is 10.6. The molecule has 96 valence electrons. The number of nitrogens with zero attached hydrogens (tertiary/aromatic N) is 3. The molecule has 0 fully saturated rings. The molecule has 0 aliphatic heterocycles. The summed E-state index contributed by atoms with van der Waals surface area (Å²) in [6, 6.07) is 11.9. The van der Waals surface area contributed by atoms with Gasteiger partial charge in [-0.1, -0.05) is 12.1 Å². The van der Waals surface area contributed by atoms with Crippen LogP contribution in [0.25, 0.3) is 11.1 Å². The molecule has 0 saturated carbocycles. The van der Waals surface area contributed by atoms with Gasteiger partial charge >= 0.3 is 0 Å². The Morgan fingerprint density at radius 3 is 2.84 bits per heavy atom. The number of para-hydroxylation sites is 1. The van der Waals surface area contributed by atoms with Crippen molar-refractivity contribution in [2.24, 2.45) is 0 Å². The number of hydrogen-bond donors (Lipinski definition) is 1. The fourth-order valence-corrected chi connectivity index (χ4v) is 1.92. The van der Waals surface area contributed by atoms with Crippen LogP contribution in [0.1, 0.15) is 5.69 Å². The Labute approximate surface area is 110 Å². The van der Waals surface area contributed by atoms with Crippen LogP contribution < -0.4 is 10.6 Å². The summed E-state index contributed by atoms with van der Waals surface area (Å²) in [7, 11) is 1.91. The lowest BCUT2D eigenvalue weighted by molar-refractivity contribution is 0.581. The van der Waals surface area contributed by atoms with E-state index >= 15 is 0 Å². The van der Waals surface area contributed by atoms with E-state index in [2.05, 4.69) is 9.97 Å². The maximum atomic E-state index is 5.87. The molecule has 0 bridgehead atoms. The van der Waals surface area contributed by atoms with E-state index < -0.39 is 0 Å². The Morgan fingerprint density at radius 1 is 1.21 bits per heavy atom.